The number of nitrogens with zero attached hydrogens (tertiary/aromatic N) is 2. The van der Waals surface area contributed by atoms with E-state index < -0.39 is 6.17 Å². The highest BCUT2D eigenvalue weighted by Gasteiger charge is 2.43. The van der Waals surface area contributed by atoms with Gasteiger partial charge in [0.15, 0.2) is 0 Å². The number of anilines is 1. The molecule has 17 heavy (non-hydrogen) atoms. The molecule has 0 aliphatic heterocycles. The van der Waals surface area contributed by atoms with E-state index in [1.807, 2.05) is 19.1 Å². The topological polar surface area (TPSA) is 64.9 Å². The summed E-state index contributed by atoms with van der Waals surface area (Å²) in [5, 5.41) is 3.84. The number of hydrogen-bond acceptors (Lipinski definition) is 4. The first-order chi connectivity index (χ1) is 8.15. The van der Waals surface area contributed by atoms with E-state index in [4.69, 9.17) is 10.3 Å². The first-order valence-electron chi connectivity index (χ1n) is 5.49. The van der Waals surface area contributed by atoms with E-state index in [0.717, 1.165) is 11.1 Å². The molecule has 1 heterocycles. The van der Waals surface area contributed by atoms with Crippen molar-refractivity contribution in [1.82, 2.24) is 10.1 Å². The van der Waals surface area contributed by atoms with Gasteiger partial charge in [-0.05, 0) is 25.0 Å². The zero-order chi connectivity index (χ0) is 12.0. The molecule has 5 heteroatoms. The van der Waals surface area contributed by atoms with E-state index >= 15 is 0 Å². The molecule has 1 aromatic heterocycles. The standard InChI is InChI=1S/C12H12FN3O/c1-6-2-3-7(4-10(6)14)11-15-12(17-16-11)8-5-9(8)13/h2-4,8-9H,5,14H2,1H3/t8-,9-/m1/s1. The van der Waals surface area contributed by atoms with Crippen molar-refractivity contribution < 1.29 is 8.91 Å². The number of aromatic nitrogens is 2. The molecule has 2 aromatic rings. The van der Waals surface area contributed by atoms with E-state index in [1.165, 1.54) is 0 Å². The smallest absolute Gasteiger partial charge is 0.233 e. The molecule has 0 spiro atoms. The highest BCUT2D eigenvalue weighted by molar-refractivity contribution is 5.63. The number of nitrogens with two attached hydrogens (primary N) is 1. The van der Waals surface area contributed by atoms with Crippen LogP contribution in [0.25, 0.3) is 11.4 Å². The Kier molecular flexibility index (Phi) is 2.14. The lowest BCUT2D eigenvalue weighted by Gasteiger charge is -2.00. The average molecular weight is 233 g/mol. The van der Waals surface area contributed by atoms with Crippen LogP contribution in [0.15, 0.2) is 22.7 Å². The van der Waals surface area contributed by atoms with Gasteiger partial charge in [-0.3, -0.25) is 0 Å². The largest absolute Gasteiger partial charge is 0.398 e. The molecule has 88 valence electrons. The summed E-state index contributed by atoms with van der Waals surface area (Å²) in [7, 11) is 0. The van der Waals surface area contributed by atoms with Crippen LogP contribution in [0.1, 0.15) is 23.8 Å². The van der Waals surface area contributed by atoms with Crippen LogP contribution in [0.3, 0.4) is 0 Å². The summed E-state index contributed by atoms with van der Waals surface area (Å²) in [5.74, 6) is 0.636. The second kappa shape index (κ2) is 3.55. The van der Waals surface area contributed by atoms with E-state index in [-0.39, 0.29) is 5.92 Å². The highest BCUT2D eigenvalue weighted by Crippen LogP contribution is 2.43. The molecule has 4 nitrogen and oxygen atoms in total. The average Bonchev–Trinajstić information content (AvgIpc) is 2.86. The highest BCUT2D eigenvalue weighted by atomic mass is 19.1. The predicted octanol–water partition coefficient (Wildman–Crippen LogP) is 2.45. The summed E-state index contributed by atoms with van der Waals surface area (Å²) < 4.78 is 17.9. The molecule has 3 rings (SSSR count). The van der Waals surface area contributed by atoms with Gasteiger partial charge in [0, 0.05) is 11.3 Å². The van der Waals surface area contributed by atoms with Crippen LogP contribution < -0.4 is 5.73 Å². The fourth-order valence-corrected chi connectivity index (χ4v) is 1.70. The van der Waals surface area contributed by atoms with Crippen LogP contribution in [-0.4, -0.2) is 16.3 Å². The molecule has 0 bridgehead atoms. The maximum atomic E-state index is 12.8. The lowest BCUT2D eigenvalue weighted by molar-refractivity contribution is 0.363. The predicted molar refractivity (Wildman–Crippen MR) is 61.1 cm³/mol. The third-order valence-corrected chi connectivity index (χ3v) is 3.01. The van der Waals surface area contributed by atoms with Gasteiger partial charge < -0.3 is 10.3 Å². The van der Waals surface area contributed by atoms with Crippen molar-refractivity contribution in [2.24, 2.45) is 0 Å². The van der Waals surface area contributed by atoms with Gasteiger partial charge in [-0.2, -0.15) is 4.98 Å². The van der Waals surface area contributed by atoms with Crippen LogP contribution >= 0.6 is 0 Å². The van der Waals surface area contributed by atoms with Crippen molar-refractivity contribution in [1.29, 1.82) is 0 Å². The SMILES string of the molecule is Cc1ccc(-c2noc([C@@H]3C[C@H]3F)n2)cc1N. The summed E-state index contributed by atoms with van der Waals surface area (Å²) >= 11 is 0. The molecule has 0 saturated heterocycles. The van der Waals surface area contributed by atoms with E-state index in [9.17, 15) is 4.39 Å². The Balaban J connectivity index is 1.92. The third kappa shape index (κ3) is 1.77. The Morgan fingerprint density at radius 3 is 2.88 bits per heavy atom. The van der Waals surface area contributed by atoms with Gasteiger partial charge in [0.05, 0.1) is 5.92 Å². The lowest BCUT2D eigenvalue weighted by Crippen LogP contribution is -1.91. The van der Waals surface area contributed by atoms with E-state index in [1.54, 1.807) is 6.07 Å². The monoisotopic (exact) mass is 233 g/mol. The minimum absolute atomic E-state index is 0.209. The van der Waals surface area contributed by atoms with Crippen LogP contribution in [0.4, 0.5) is 10.1 Å². The quantitative estimate of drug-likeness (QED) is 0.809. The molecule has 1 saturated carbocycles. The minimum atomic E-state index is -0.827. The molecule has 1 aromatic carbocycles. The van der Waals surface area contributed by atoms with E-state index in [0.29, 0.717) is 23.8 Å². The molecular formula is C12H12FN3O. The lowest BCUT2D eigenvalue weighted by atomic mass is 10.1. The van der Waals surface area contributed by atoms with Crippen LogP contribution in [-0.2, 0) is 0 Å². The summed E-state index contributed by atoms with van der Waals surface area (Å²) in [6, 6.07) is 5.57. The van der Waals surface area contributed by atoms with Gasteiger partial charge in [0.1, 0.15) is 6.17 Å². The van der Waals surface area contributed by atoms with Crippen molar-refractivity contribution in [2.45, 2.75) is 25.4 Å². The molecule has 0 amide bonds. The molecule has 2 atom stereocenters. The fraction of sp³-hybridized carbons (Fsp3) is 0.333. The second-order valence-electron chi connectivity index (χ2n) is 4.39. The van der Waals surface area contributed by atoms with Crippen molar-refractivity contribution >= 4 is 5.69 Å². The number of hydrogen-bond donors (Lipinski definition) is 1. The second-order valence-corrected chi connectivity index (χ2v) is 4.39. The maximum absolute atomic E-state index is 12.8. The van der Waals surface area contributed by atoms with Crippen molar-refractivity contribution in [3.05, 3.63) is 29.7 Å². The Hall–Kier alpha value is -1.91. The zero-order valence-electron chi connectivity index (χ0n) is 9.35. The van der Waals surface area contributed by atoms with Gasteiger partial charge in [-0.15, -0.1) is 0 Å². The summed E-state index contributed by atoms with van der Waals surface area (Å²) in [6.07, 6.45) is -0.344. The van der Waals surface area contributed by atoms with Crippen LogP contribution in [0.5, 0.6) is 0 Å². The van der Waals surface area contributed by atoms with Crippen LogP contribution in [0, 0.1) is 6.92 Å². The van der Waals surface area contributed by atoms with Crippen molar-refractivity contribution in [2.75, 3.05) is 5.73 Å². The van der Waals surface area contributed by atoms with Crippen LogP contribution in [0.2, 0.25) is 0 Å². The Bertz CT molecular complexity index is 567. The molecule has 1 aliphatic rings. The molecule has 2 N–H and O–H groups in total. The molecule has 0 radical (unpaired) electrons. The number of alkyl halides is 1. The first kappa shape index (κ1) is 10.3. The van der Waals surface area contributed by atoms with Gasteiger partial charge in [-0.1, -0.05) is 17.3 Å². The van der Waals surface area contributed by atoms with Gasteiger partial charge in [-0.25, -0.2) is 4.39 Å². The van der Waals surface area contributed by atoms with Crippen molar-refractivity contribution in [3.63, 3.8) is 0 Å². The molecule has 1 fully saturated rings. The molecular weight excluding hydrogens is 221 g/mol. The maximum Gasteiger partial charge on any atom is 0.233 e. The number of rotatable bonds is 2. The Morgan fingerprint density at radius 2 is 2.24 bits per heavy atom. The first-order valence-corrected chi connectivity index (χ1v) is 5.49. The van der Waals surface area contributed by atoms with E-state index in [2.05, 4.69) is 10.1 Å². The normalized spacial score (nSPS) is 22.7. The minimum Gasteiger partial charge on any atom is -0.398 e. The Labute approximate surface area is 97.6 Å². The zero-order valence-corrected chi connectivity index (χ0v) is 9.35. The number of benzene rings is 1. The number of nitrogen functional groups attached to an aromatic ring is 1. The third-order valence-electron chi connectivity index (χ3n) is 3.01. The van der Waals surface area contributed by atoms with Gasteiger partial charge in [0.2, 0.25) is 11.7 Å². The molecule has 0 unspecified atom stereocenters. The summed E-state index contributed by atoms with van der Waals surface area (Å²) in [5.41, 5.74) is 8.29. The summed E-state index contributed by atoms with van der Waals surface area (Å²) in [6.45, 7) is 1.93. The van der Waals surface area contributed by atoms with Crippen molar-refractivity contribution in [3.8, 4) is 11.4 Å². The number of aryl methyl sites for hydroxylation is 1. The van der Waals surface area contributed by atoms with Gasteiger partial charge in [0.25, 0.3) is 0 Å². The summed E-state index contributed by atoms with van der Waals surface area (Å²) in [4.78, 5) is 4.19. The molecule has 1 aliphatic carbocycles. The van der Waals surface area contributed by atoms with Gasteiger partial charge >= 0.3 is 0 Å². The number of halogens is 1. The fourth-order valence-electron chi connectivity index (χ4n) is 1.70. The Morgan fingerprint density at radius 1 is 1.47 bits per heavy atom.